The first kappa shape index (κ1) is 26.9. The number of hydrogen-bond acceptors (Lipinski definition) is 5. The molecule has 34 heavy (non-hydrogen) atoms. The van der Waals surface area contributed by atoms with Gasteiger partial charge >= 0.3 is 18.1 Å². The van der Waals surface area contributed by atoms with Gasteiger partial charge in [0.1, 0.15) is 5.56 Å². The molecule has 0 bridgehead atoms. The summed E-state index contributed by atoms with van der Waals surface area (Å²) < 4.78 is 31.7. The van der Waals surface area contributed by atoms with Crippen LogP contribution < -0.4 is 10.5 Å². The third-order valence-corrected chi connectivity index (χ3v) is 5.41. The summed E-state index contributed by atoms with van der Waals surface area (Å²) in [5.41, 5.74) is 2.83. The molecule has 1 aliphatic rings. The van der Waals surface area contributed by atoms with Gasteiger partial charge in [-0.15, -0.1) is 0 Å². The molecule has 186 valence electrons. The van der Waals surface area contributed by atoms with Crippen LogP contribution in [0.5, 0.6) is 0 Å². The molecule has 1 unspecified atom stereocenters. The van der Waals surface area contributed by atoms with Gasteiger partial charge in [0, 0.05) is 25.3 Å². The molecule has 11 heteroatoms. The van der Waals surface area contributed by atoms with Crippen LogP contribution in [-0.2, 0) is 11.2 Å². The van der Waals surface area contributed by atoms with Crippen molar-refractivity contribution in [3.63, 3.8) is 0 Å². The molecule has 0 spiro atoms. The lowest BCUT2D eigenvalue weighted by Crippen LogP contribution is -2.25. The molecular weight excluding hydrogens is 455 g/mol. The number of halogens is 3. The molecule has 1 aromatic heterocycles. The largest absolute Gasteiger partial charge is 0.490 e. The number of pyridine rings is 1. The number of rotatable bonds is 6. The Morgan fingerprint density at radius 1 is 1.18 bits per heavy atom. The molecule has 3 rings (SSSR count). The van der Waals surface area contributed by atoms with Crippen molar-refractivity contribution >= 4 is 17.6 Å². The number of aromatic carboxylic acids is 1. The Labute approximate surface area is 194 Å². The lowest BCUT2D eigenvalue weighted by Gasteiger charge is -2.20. The molecule has 0 amide bonds. The van der Waals surface area contributed by atoms with Crippen molar-refractivity contribution in [2.45, 2.75) is 25.9 Å². The number of hydrogen-bond donors (Lipinski definition) is 3. The van der Waals surface area contributed by atoms with Crippen LogP contribution in [0, 0.1) is 5.92 Å². The van der Waals surface area contributed by atoms with Crippen molar-refractivity contribution in [3.05, 3.63) is 51.8 Å². The summed E-state index contributed by atoms with van der Waals surface area (Å²) in [4.78, 5) is 39.6. The number of carbonyl (C=O) groups is 2. The Morgan fingerprint density at radius 3 is 2.24 bits per heavy atom. The fourth-order valence-corrected chi connectivity index (χ4v) is 3.84. The molecule has 2 heterocycles. The fourth-order valence-electron chi connectivity index (χ4n) is 3.84. The van der Waals surface area contributed by atoms with Crippen molar-refractivity contribution < 1.29 is 33.0 Å². The number of nitrogens with zero attached hydrogens (tertiary/aromatic N) is 2. The van der Waals surface area contributed by atoms with Gasteiger partial charge in [0.05, 0.1) is 5.69 Å². The summed E-state index contributed by atoms with van der Waals surface area (Å²) in [7, 11) is 4.22. The van der Waals surface area contributed by atoms with Crippen LogP contribution in [0.2, 0.25) is 0 Å². The van der Waals surface area contributed by atoms with Crippen molar-refractivity contribution in [1.29, 1.82) is 0 Å². The SMILES string of the molecule is CCc1cc(C(=O)O)c(=O)[nH]c1-c1ccc(N2CCC(CN(C)C)C2)cc1.O=C(O)C(F)(F)F. The molecule has 0 aliphatic carbocycles. The number of aromatic amines is 1. The Morgan fingerprint density at radius 2 is 1.76 bits per heavy atom. The smallest absolute Gasteiger partial charge is 0.477 e. The van der Waals surface area contributed by atoms with E-state index in [-0.39, 0.29) is 5.56 Å². The maximum atomic E-state index is 12.1. The predicted molar refractivity (Wildman–Crippen MR) is 121 cm³/mol. The predicted octanol–water partition coefficient (Wildman–Crippen LogP) is 3.32. The van der Waals surface area contributed by atoms with Gasteiger partial charge in [0.15, 0.2) is 0 Å². The Balaban J connectivity index is 0.000000509. The summed E-state index contributed by atoms with van der Waals surface area (Å²) in [6.07, 6.45) is -3.24. The van der Waals surface area contributed by atoms with Gasteiger partial charge < -0.3 is 25.0 Å². The number of anilines is 1. The maximum absolute atomic E-state index is 12.1. The normalized spacial score (nSPS) is 15.7. The number of benzene rings is 1. The standard InChI is InChI=1S/C21H27N3O3.C2HF3O2/c1-4-15-11-18(21(26)27)20(25)22-19(15)16-5-7-17(8-6-16)24-10-9-14(13-24)12-23(2)3;3-2(4,5)1(6)7/h5-8,11,14H,4,9-10,12-13H2,1-3H3,(H,22,25)(H,26,27);(H,6,7). The van der Waals surface area contributed by atoms with E-state index in [9.17, 15) is 22.8 Å². The Hall–Kier alpha value is -3.34. The zero-order valence-electron chi connectivity index (χ0n) is 19.1. The molecule has 1 fully saturated rings. The van der Waals surface area contributed by atoms with E-state index < -0.39 is 23.7 Å². The number of carboxylic acid groups (broad SMARTS) is 2. The number of aromatic nitrogens is 1. The highest BCUT2D eigenvalue weighted by Gasteiger charge is 2.38. The van der Waals surface area contributed by atoms with Gasteiger partial charge in [-0.1, -0.05) is 19.1 Å². The Bertz CT molecular complexity index is 1070. The van der Waals surface area contributed by atoms with Crippen molar-refractivity contribution in [3.8, 4) is 11.3 Å². The highest BCUT2D eigenvalue weighted by molar-refractivity contribution is 5.88. The lowest BCUT2D eigenvalue weighted by atomic mass is 10.0. The third-order valence-electron chi connectivity index (χ3n) is 5.41. The van der Waals surface area contributed by atoms with E-state index in [4.69, 9.17) is 15.0 Å². The number of alkyl halides is 3. The van der Waals surface area contributed by atoms with Gasteiger partial charge in [-0.2, -0.15) is 13.2 Å². The summed E-state index contributed by atoms with van der Waals surface area (Å²) in [5.74, 6) is -3.27. The van der Waals surface area contributed by atoms with Gasteiger partial charge in [-0.25, -0.2) is 9.59 Å². The monoisotopic (exact) mass is 483 g/mol. The minimum atomic E-state index is -5.08. The summed E-state index contributed by atoms with van der Waals surface area (Å²) >= 11 is 0. The summed E-state index contributed by atoms with van der Waals surface area (Å²) in [6, 6.07) is 9.64. The highest BCUT2D eigenvalue weighted by atomic mass is 19.4. The number of nitrogens with one attached hydrogen (secondary N) is 1. The van der Waals surface area contributed by atoms with E-state index >= 15 is 0 Å². The van der Waals surface area contributed by atoms with Gasteiger partial charge in [0.2, 0.25) is 0 Å². The second-order valence-electron chi connectivity index (χ2n) is 8.28. The summed E-state index contributed by atoms with van der Waals surface area (Å²) in [6.45, 7) is 5.17. The fraction of sp³-hybridized carbons (Fsp3) is 0.435. The van der Waals surface area contributed by atoms with E-state index in [1.807, 2.05) is 19.1 Å². The van der Waals surface area contributed by atoms with Gasteiger partial charge in [-0.05, 0) is 62.2 Å². The minimum absolute atomic E-state index is 0.212. The zero-order chi connectivity index (χ0) is 25.6. The van der Waals surface area contributed by atoms with Crippen LogP contribution in [0.1, 0.15) is 29.3 Å². The molecule has 1 saturated heterocycles. The first-order valence-electron chi connectivity index (χ1n) is 10.6. The second kappa shape index (κ2) is 11.2. The average molecular weight is 483 g/mol. The van der Waals surface area contributed by atoms with E-state index in [0.717, 1.165) is 30.8 Å². The molecule has 0 radical (unpaired) electrons. The molecule has 1 aliphatic heterocycles. The number of carboxylic acids is 2. The van der Waals surface area contributed by atoms with Crippen LogP contribution in [0.4, 0.5) is 18.9 Å². The molecule has 3 N–H and O–H groups in total. The maximum Gasteiger partial charge on any atom is 0.490 e. The van der Waals surface area contributed by atoms with Crippen LogP contribution in [-0.4, -0.2) is 71.9 Å². The van der Waals surface area contributed by atoms with Gasteiger partial charge in [0.25, 0.3) is 5.56 Å². The molecular formula is C23H28F3N3O5. The van der Waals surface area contributed by atoms with Crippen LogP contribution in [0.15, 0.2) is 35.1 Å². The average Bonchev–Trinajstić information content (AvgIpc) is 3.21. The topological polar surface area (TPSA) is 114 Å². The van der Waals surface area contributed by atoms with E-state index in [0.29, 0.717) is 18.0 Å². The number of H-pyrrole nitrogens is 1. The first-order valence-corrected chi connectivity index (χ1v) is 10.6. The molecule has 1 atom stereocenters. The van der Waals surface area contributed by atoms with Crippen molar-refractivity contribution in [2.24, 2.45) is 5.92 Å². The van der Waals surface area contributed by atoms with E-state index in [1.54, 1.807) is 0 Å². The minimum Gasteiger partial charge on any atom is -0.477 e. The van der Waals surface area contributed by atoms with Crippen LogP contribution in [0.3, 0.4) is 0 Å². The van der Waals surface area contributed by atoms with Gasteiger partial charge in [-0.3, -0.25) is 4.79 Å². The van der Waals surface area contributed by atoms with Crippen molar-refractivity contribution in [2.75, 3.05) is 38.6 Å². The zero-order valence-corrected chi connectivity index (χ0v) is 19.1. The van der Waals surface area contributed by atoms with Crippen LogP contribution in [0.25, 0.3) is 11.3 Å². The number of aryl methyl sites for hydroxylation is 1. The number of aliphatic carboxylic acids is 1. The quantitative estimate of drug-likeness (QED) is 0.578. The Kier molecular flexibility index (Phi) is 8.86. The van der Waals surface area contributed by atoms with E-state index in [2.05, 4.69) is 41.0 Å². The molecule has 1 aromatic carbocycles. The third kappa shape index (κ3) is 7.08. The first-order chi connectivity index (χ1) is 15.8. The molecule has 2 aromatic rings. The second-order valence-corrected chi connectivity index (χ2v) is 8.28. The summed E-state index contributed by atoms with van der Waals surface area (Å²) in [5, 5.41) is 16.3. The van der Waals surface area contributed by atoms with Crippen LogP contribution >= 0.6 is 0 Å². The van der Waals surface area contributed by atoms with E-state index in [1.165, 1.54) is 18.2 Å². The lowest BCUT2D eigenvalue weighted by molar-refractivity contribution is -0.192. The molecule has 8 nitrogen and oxygen atoms in total. The van der Waals surface area contributed by atoms with Crippen molar-refractivity contribution in [1.82, 2.24) is 9.88 Å². The highest BCUT2D eigenvalue weighted by Crippen LogP contribution is 2.28. The molecule has 0 saturated carbocycles.